The molecule has 0 radical (unpaired) electrons. The molecular formula is C15H22BrFN2. The summed E-state index contributed by atoms with van der Waals surface area (Å²) < 4.78 is 14.5. The molecule has 0 aliphatic carbocycles. The molecule has 1 fully saturated rings. The van der Waals surface area contributed by atoms with Gasteiger partial charge in [-0.3, -0.25) is 0 Å². The molecule has 1 unspecified atom stereocenters. The van der Waals surface area contributed by atoms with Crippen LogP contribution in [0.25, 0.3) is 0 Å². The standard InChI is InChI=1S/C15H22BrFN2/c1-10(2)14-8-18-15(3,4)9-19(14)13-7-11(17)5-6-12(13)16/h5-7,10,14,18H,8-9H2,1-4H3. The van der Waals surface area contributed by atoms with Crippen molar-refractivity contribution in [1.29, 1.82) is 0 Å². The summed E-state index contributed by atoms with van der Waals surface area (Å²) in [5.74, 6) is 0.329. The number of anilines is 1. The molecule has 106 valence electrons. The molecule has 1 saturated heterocycles. The molecule has 19 heavy (non-hydrogen) atoms. The lowest BCUT2D eigenvalue weighted by molar-refractivity contribution is 0.277. The van der Waals surface area contributed by atoms with Gasteiger partial charge in [0.05, 0.1) is 5.69 Å². The molecule has 1 heterocycles. The first-order valence-corrected chi connectivity index (χ1v) is 7.56. The summed E-state index contributed by atoms with van der Waals surface area (Å²) in [7, 11) is 0. The first-order valence-electron chi connectivity index (χ1n) is 6.77. The highest BCUT2D eigenvalue weighted by molar-refractivity contribution is 9.10. The Labute approximate surface area is 123 Å². The number of halogens is 2. The van der Waals surface area contributed by atoms with Crippen LogP contribution in [0.4, 0.5) is 10.1 Å². The summed E-state index contributed by atoms with van der Waals surface area (Å²) in [4.78, 5) is 2.33. The van der Waals surface area contributed by atoms with Gasteiger partial charge in [-0.25, -0.2) is 4.39 Å². The SMILES string of the molecule is CC(C)C1CNC(C)(C)CN1c1cc(F)ccc1Br. The van der Waals surface area contributed by atoms with Crippen LogP contribution in [-0.4, -0.2) is 24.7 Å². The summed E-state index contributed by atoms with van der Waals surface area (Å²) in [6.45, 7) is 10.6. The molecule has 0 saturated carbocycles. The fourth-order valence-electron chi connectivity index (χ4n) is 2.66. The highest BCUT2D eigenvalue weighted by atomic mass is 79.9. The van der Waals surface area contributed by atoms with E-state index in [-0.39, 0.29) is 11.4 Å². The Morgan fingerprint density at radius 2 is 2.11 bits per heavy atom. The minimum atomic E-state index is -0.183. The molecule has 2 rings (SSSR count). The van der Waals surface area contributed by atoms with Gasteiger partial charge < -0.3 is 10.2 Å². The fraction of sp³-hybridized carbons (Fsp3) is 0.600. The van der Waals surface area contributed by atoms with Gasteiger partial charge in [0.15, 0.2) is 0 Å². The van der Waals surface area contributed by atoms with Gasteiger partial charge in [0.1, 0.15) is 5.82 Å². The first-order chi connectivity index (χ1) is 8.80. The molecule has 1 atom stereocenters. The number of nitrogens with zero attached hydrogens (tertiary/aromatic N) is 1. The van der Waals surface area contributed by atoms with E-state index in [0.717, 1.165) is 23.2 Å². The van der Waals surface area contributed by atoms with E-state index >= 15 is 0 Å². The van der Waals surface area contributed by atoms with Crippen LogP contribution in [0.2, 0.25) is 0 Å². The van der Waals surface area contributed by atoms with Crippen LogP contribution in [0.1, 0.15) is 27.7 Å². The van der Waals surface area contributed by atoms with Gasteiger partial charge in [0.25, 0.3) is 0 Å². The average molecular weight is 329 g/mol. The van der Waals surface area contributed by atoms with Gasteiger partial charge in [-0.05, 0) is 53.9 Å². The molecule has 0 aromatic heterocycles. The van der Waals surface area contributed by atoms with E-state index in [2.05, 4.69) is 53.8 Å². The van der Waals surface area contributed by atoms with Crippen LogP contribution < -0.4 is 10.2 Å². The van der Waals surface area contributed by atoms with Crippen molar-refractivity contribution in [3.8, 4) is 0 Å². The van der Waals surface area contributed by atoms with Gasteiger partial charge in [-0.1, -0.05) is 13.8 Å². The van der Waals surface area contributed by atoms with Crippen molar-refractivity contribution in [1.82, 2.24) is 5.32 Å². The lowest BCUT2D eigenvalue weighted by Crippen LogP contribution is -2.63. The zero-order valence-electron chi connectivity index (χ0n) is 12.0. The van der Waals surface area contributed by atoms with Crippen molar-refractivity contribution in [2.75, 3.05) is 18.0 Å². The Balaban J connectivity index is 2.39. The number of rotatable bonds is 2. The Morgan fingerprint density at radius 1 is 1.42 bits per heavy atom. The maximum absolute atomic E-state index is 13.6. The minimum Gasteiger partial charge on any atom is -0.364 e. The van der Waals surface area contributed by atoms with Crippen LogP contribution in [0.5, 0.6) is 0 Å². The number of benzene rings is 1. The largest absolute Gasteiger partial charge is 0.364 e. The quantitative estimate of drug-likeness (QED) is 0.888. The second-order valence-electron chi connectivity index (χ2n) is 6.30. The number of piperazine rings is 1. The van der Waals surface area contributed by atoms with E-state index < -0.39 is 0 Å². The lowest BCUT2D eigenvalue weighted by Gasteiger charge is -2.47. The van der Waals surface area contributed by atoms with Crippen molar-refractivity contribution < 1.29 is 4.39 Å². The smallest absolute Gasteiger partial charge is 0.125 e. The minimum absolute atomic E-state index is 0.0388. The Kier molecular flexibility index (Phi) is 4.21. The molecule has 4 heteroatoms. The Morgan fingerprint density at radius 3 is 2.74 bits per heavy atom. The van der Waals surface area contributed by atoms with E-state index in [9.17, 15) is 4.39 Å². The maximum atomic E-state index is 13.6. The highest BCUT2D eigenvalue weighted by Gasteiger charge is 2.34. The lowest BCUT2D eigenvalue weighted by atomic mass is 9.92. The molecule has 0 spiro atoms. The fourth-order valence-corrected chi connectivity index (χ4v) is 3.13. The van der Waals surface area contributed by atoms with Gasteiger partial charge in [0, 0.05) is 29.1 Å². The van der Waals surface area contributed by atoms with Crippen molar-refractivity contribution in [3.05, 3.63) is 28.5 Å². The van der Waals surface area contributed by atoms with Crippen molar-refractivity contribution in [2.45, 2.75) is 39.3 Å². The third-order valence-electron chi connectivity index (χ3n) is 3.74. The summed E-state index contributed by atoms with van der Waals surface area (Å²) in [6.07, 6.45) is 0. The third kappa shape index (κ3) is 3.29. The topological polar surface area (TPSA) is 15.3 Å². The number of hydrogen-bond acceptors (Lipinski definition) is 2. The van der Waals surface area contributed by atoms with Crippen LogP contribution in [0.3, 0.4) is 0 Å². The van der Waals surface area contributed by atoms with Gasteiger partial charge in [-0.2, -0.15) is 0 Å². The molecule has 1 N–H and O–H groups in total. The molecular weight excluding hydrogens is 307 g/mol. The third-order valence-corrected chi connectivity index (χ3v) is 4.41. The molecule has 1 aliphatic rings. The molecule has 0 amide bonds. The Bertz CT molecular complexity index is 459. The van der Waals surface area contributed by atoms with Crippen LogP contribution in [0, 0.1) is 11.7 Å². The van der Waals surface area contributed by atoms with Crippen LogP contribution in [-0.2, 0) is 0 Å². The van der Waals surface area contributed by atoms with E-state index in [4.69, 9.17) is 0 Å². The van der Waals surface area contributed by atoms with E-state index in [1.54, 1.807) is 12.1 Å². The van der Waals surface area contributed by atoms with E-state index in [1.165, 1.54) is 6.07 Å². The molecule has 0 bridgehead atoms. The van der Waals surface area contributed by atoms with Gasteiger partial charge >= 0.3 is 0 Å². The highest BCUT2D eigenvalue weighted by Crippen LogP contribution is 2.33. The summed E-state index contributed by atoms with van der Waals surface area (Å²) >= 11 is 3.55. The summed E-state index contributed by atoms with van der Waals surface area (Å²) in [5, 5.41) is 3.57. The molecule has 2 nitrogen and oxygen atoms in total. The maximum Gasteiger partial charge on any atom is 0.125 e. The van der Waals surface area contributed by atoms with Crippen LogP contribution >= 0.6 is 15.9 Å². The summed E-state index contributed by atoms with van der Waals surface area (Å²) in [5.41, 5.74) is 0.991. The van der Waals surface area contributed by atoms with Crippen molar-refractivity contribution in [2.24, 2.45) is 5.92 Å². The predicted molar refractivity (Wildman–Crippen MR) is 82.2 cm³/mol. The van der Waals surface area contributed by atoms with E-state index in [1.807, 2.05) is 0 Å². The monoisotopic (exact) mass is 328 g/mol. The zero-order valence-corrected chi connectivity index (χ0v) is 13.6. The Hall–Kier alpha value is -0.610. The predicted octanol–water partition coefficient (Wildman–Crippen LogP) is 3.80. The normalized spacial score (nSPS) is 22.9. The van der Waals surface area contributed by atoms with Crippen LogP contribution in [0.15, 0.2) is 22.7 Å². The van der Waals surface area contributed by atoms with Crippen molar-refractivity contribution in [3.63, 3.8) is 0 Å². The second-order valence-corrected chi connectivity index (χ2v) is 7.15. The molecule has 1 aromatic rings. The first kappa shape index (κ1) is 14.8. The zero-order chi connectivity index (χ0) is 14.2. The number of nitrogens with one attached hydrogen (secondary N) is 1. The number of hydrogen-bond donors (Lipinski definition) is 1. The molecule has 1 aromatic carbocycles. The van der Waals surface area contributed by atoms with Gasteiger partial charge in [0.2, 0.25) is 0 Å². The van der Waals surface area contributed by atoms with Crippen molar-refractivity contribution >= 4 is 21.6 Å². The molecule has 1 aliphatic heterocycles. The van der Waals surface area contributed by atoms with E-state index in [0.29, 0.717) is 12.0 Å². The van der Waals surface area contributed by atoms with Gasteiger partial charge in [-0.15, -0.1) is 0 Å². The summed E-state index contributed by atoms with van der Waals surface area (Å²) in [6, 6.07) is 5.29. The second kappa shape index (κ2) is 5.41. The average Bonchev–Trinajstić information content (AvgIpc) is 2.30.